The van der Waals surface area contributed by atoms with Crippen LogP contribution in [-0.2, 0) is 24.2 Å². The van der Waals surface area contributed by atoms with E-state index >= 15 is 0 Å². The molecule has 0 spiro atoms. The average molecular weight is 330 g/mol. The Kier molecular flexibility index (Phi) is 4.43. The molecule has 0 atom stereocenters. The lowest BCUT2D eigenvalue weighted by atomic mass is 10.0. The van der Waals surface area contributed by atoms with Gasteiger partial charge in [0.1, 0.15) is 6.54 Å². The van der Waals surface area contributed by atoms with Gasteiger partial charge in [0.15, 0.2) is 4.80 Å². The van der Waals surface area contributed by atoms with Crippen LogP contribution in [0.3, 0.4) is 0 Å². The van der Waals surface area contributed by atoms with E-state index in [1.807, 2.05) is 19.1 Å². The Labute approximate surface area is 137 Å². The second-order valence-corrected chi connectivity index (χ2v) is 6.79. The largest absolute Gasteiger partial charge is 0.480 e. The van der Waals surface area contributed by atoms with Crippen molar-refractivity contribution in [1.29, 1.82) is 0 Å². The maximum Gasteiger partial charge on any atom is 0.323 e. The van der Waals surface area contributed by atoms with Crippen LogP contribution in [0.2, 0.25) is 0 Å². The van der Waals surface area contributed by atoms with Gasteiger partial charge in [0.2, 0.25) is 0 Å². The number of hydrogen-bond acceptors (Lipinski definition) is 3. The summed E-state index contributed by atoms with van der Waals surface area (Å²) in [5.41, 5.74) is 2.62. The Morgan fingerprint density at radius 3 is 2.61 bits per heavy atom. The lowest BCUT2D eigenvalue weighted by Crippen LogP contribution is -2.24. The molecule has 1 N–H and O–H groups in total. The number of carbonyl (C=O) groups excluding carboxylic acids is 1. The highest BCUT2D eigenvalue weighted by Gasteiger charge is 2.19. The SMILES string of the molecule is Cc1ccc(C(=O)N=c2sc3c(n2CC(=O)O)CCCC3)cc1. The highest BCUT2D eigenvalue weighted by atomic mass is 32.1. The number of hydrogen-bond donors (Lipinski definition) is 1. The zero-order chi connectivity index (χ0) is 16.4. The van der Waals surface area contributed by atoms with Gasteiger partial charge in [-0.25, -0.2) is 0 Å². The van der Waals surface area contributed by atoms with E-state index in [9.17, 15) is 9.59 Å². The van der Waals surface area contributed by atoms with Crippen molar-refractivity contribution in [3.05, 3.63) is 50.8 Å². The molecule has 0 bridgehead atoms. The number of thiazole rings is 1. The lowest BCUT2D eigenvalue weighted by Gasteiger charge is -2.12. The maximum atomic E-state index is 12.4. The molecule has 0 saturated heterocycles. The van der Waals surface area contributed by atoms with E-state index in [1.54, 1.807) is 16.7 Å². The summed E-state index contributed by atoms with van der Waals surface area (Å²) in [5.74, 6) is -1.25. The molecular formula is C17H18N2O3S. The van der Waals surface area contributed by atoms with Crippen molar-refractivity contribution in [3.63, 3.8) is 0 Å². The normalized spacial score (nSPS) is 14.6. The van der Waals surface area contributed by atoms with Crippen LogP contribution in [0.5, 0.6) is 0 Å². The summed E-state index contributed by atoms with van der Waals surface area (Å²) in [5, 5.41) is 9.15. The Morgan fingerprint density at radius 2 is 1.91 bits per heavy atom. The number of amides is 1. The van der Waals surface area contributed by atoms with Gasteiger partial charge in [0.05, 0.1) is 0 Å². The van der Waals surface area contributed by atoms with Crippen molar-refractivity contribution in [1.82, 2.24) is 4.57 Å². The number of aliphatic carboxylic acids is 1. The van der Waals surface area contributed by atoms with Gasteiger partial charge in [-0.1, -0.05) is 17.7 Å². The summed E-state index contributed by atoms with van der Waals surface area (Å²) >= 11 is 1.44. The smallest absolute Gasteiger partial charge is 0.323 e. The van der Waals surface area contributed by atoms with E-state index in [-0.39, 0.29) is 12.5 Å². The van der Waals surface area contributed by atoms with E-state index in [4.69, 9.17) is 5.11 Å². The highest BCUT2D eigenvalue weighted by molar-refractivity contribution is 7.09. The van der Waals surface area contributed by atoms with Crippen molar-refractivity contribution in [2.24, 2.45) is 4.99 Å². The van der Waals surface area contributed by atoms with Gasteiger partial charge in [0.25, 0.3) is 5.91 Å². The van der Waals surface area contributed by atoms with Crippen molar-refractivity contribution in [2.75, 3.05) is 0 Å². The molecular weight excluding hydrogens is 312 g/mol. The van der Waals surface area contributed by atoms with Crippen LogP contribution < -0.4 is 4.80 Å². The number of benzene rings is 1. The lowest BCUT2D eigenvalue weighted by molar-refractivity contribution is -0.137. The Hall–Kier alpha value is -2.21. The number of carbonyl (C=O) groups is 2. The fourth-order valence-electron chi connectivity index (χ4n) is 2.77. The first-order chi connectivity index (χ1) is 11.0. The van der Waals surface area contributed by atoms with Gasteiger partial charge in [-0.2, -0.15) is 4.99 Å². The first kappa shape index (κ1) is 15.7. The summed E-state index contributed by atoms with van der Waals surface area (Å²) in [4.78, 5) is 29.4. The predicted octanol–water partition coefficient (Wildman–Crippen LogP) is 2.56. The van der Waals surface area contributed by atoms with Crippen LogP contribution in [0.25, 0.3) is 0 Å². The maximum absolute atomic E-state index is 12.4. The zero-order valence-corrected chi connectivity index (χ0v) is 13.7. The zero-order valence-electron chi connectivity index (χ0n) is 12.9. The number of fused-ring (bicyclic) bond motifs is 1. The summed E-state index contributed by atoms with van der Waals surface area (Å²) in [6.45, 7) is 1.81. The molecule has 1 aliphatic rings. The highest BCUT2D eigenvalue weighted by Crippen LogP contribution is 2.23. The molecule has 6 heteroatoms. The molecule has 3 rings (SSSR count). The molecule has 1 amide bonds. The van der Waals surface area contributed by atoms with Gasteiger partial charge in [-0.3, -0.25) is 9.59 Å². The minimum absolute atomic E-state index is 0.147. The Bertz CT molecular complexity index is 815. The van der Waals surface area contributed by atoms with Crippen LogP contribution in [-0.4, -0.2) is 21.6 Å². The first-order valence-corrected chi connectivity index (χ1v) is 8.45. The molecule has 2 aromatic rings. The van der Waals surface area contributed by atoms with Crippen molar-refractivity contribution in [2.45, 2.75) is 39.2 Å². The second kappa shape index (κ2) is 6.50. The second-order valence-electron chi connectivity index (χ2n) is 5.72. The van der Waals surface area contributed by atoms with E-state index in [0.29, 0.717) is 10.4 Å². The summed E-state index contributed by atoms with van der Waals surface area (Å²) in [6, 6.07) is 7.23. The summed E-state index contributed by atoms with van der Waals surface area (Å²) in [7, 11) is 0. The number of aryl methyl sites for hydroxylation is 2. The molecule has 0 aliphatic heterocycles. The van der Waals surface area contributed by atoms with E-state index in [2.05, 4.69) is 4.99 Å². The van der Waals surface area contributed by atoms with Gasteiger partial charge >= 0.3 is 5.97 Å². The van der Waals surface area contributed by atoms with Crippen LogP contribution in [0.1, 0.15) is 39.3 Å². The molecule has 5 nitrogen and oxygen atoms in total. The number of carboxylic acid groups (broad SMARTS) is 1. The third-order valence-corrected chi connectivity index (χ3v) is 5.13. The molecule has 0 unspecified atom stereocenters. The van der Waals surface area contributed by atoms with Crippen molar-refractivity contribution >= 4 is 23.2 Å². The molecule has 1 heterocycles. The van der Waals surface area contributed by atoms with Gasteiger partial charge < -0.3 is 9.67 Å². The van der Waals surface area contributed by atoms with Gasteiger partial charge in [0, 0.05) is 16.1 Å². The third kappa shape index (κ3) is 3.42. The third-order valence-electron chi connectivity index (χ3n) is 3.95. The van der Waals surface area contributed by atoms with Crippen LogP contribution in [0.15, 0.2) is 29.3 Å². The van der Waals surface area contributed by atoms with Crippen molar-refractivity contribution in [3.8, 4) is 0 Å². The monoisotopic (exact) mass is 330 g/mol. The molecule has 0 radical (unpaired) electrons. The van der Waals surface area contributed by atoms with Gasteiger partial charge in [-0.15, -0.1) is 11.3 Å². The fraction of sp³-hybridized carbons (Fsp3) is 0.353. The molecule has 0 fully saturated rings. The standard InChI is InChI=1S/C17H18N2O3S/c1-11-6-8-12(9-7-11)16(22)18-17-19(10-15(20)21)13-4-2-3-5-14(13)23-17/h6-9H,2-5,10H2,1H3,(H,20,21). The molecule has 0 saturated carbocycles. The van der Waals surface area contributed by atoms with Crippen LogP contribution >= 0.6 is 11.3 Å². The van der Waals surface area contributed by atoms with E-state index in [0.717, 1.165) is 41.8 Å². The van der Waals surface area contributed by atoms with Crippen LogP contribution in [0, 0.1) is 6.92 Å². The topological polar surface area (TPSA) is 71.7 Å². The minimum Gasteiger partial charge on any atom is -0.480 e. The van der Waals surface area contributed by atoms with Crippen LogP contribution in [0.4, 0.5) is 0 Å². The minimum atomic E-state index is -0.916. The molecule has 1 aliphatic carbocycles. The fourth-order valence-corrected chi connectivity index (χ4v) is 3.98. The Balaban J connectivity index is 2.03. The van der Waals surface area contributed by atoms with E-state index in [1.165, 1.54) is 11.3 Å². The number of rotatable bonds is 3. The number of carboxylic acids is 1. The Morgan fingerprint density at radius 1 is 1.22 bits per heavy atom. The molecule has 1 aromatic carbocycles. The summed E-state index contributed by atoms with van der Waals surface area (Å²) < 4.78 is 1.69. The quantitative estimate of drug-likeness (QED) is 0.940. The molecule has 1 aromatic heterocycles. The summed E-state index contributed by atoms with van der Waals surface area (Å²) in [6.07, 6.45) is 3.95. The van der Waals surface area contributed by atoms with Gasteiger partial charge in [-0.05, 0) is 44.7 Å². The average Bonchev–Trinajstić information content (AvgIpc) is 2.85. The predicted molar refractivity (Wildman–Crippen MR) is 87.7 cm³/mol. The molecule has 120 valence electrons. The number of nitrogens with zero attached hydrogens (tertiary/aromatic N) is 2. The molecule has 23 heavy (non-hydrogen) atoms. The van der Waals surface area contributed by atoms with Crippen molar-refractivity contribution < 1.29 is 14.7 Å². The van der Waals surface area contributed by atoms with E-state index < -0.39 is 5.97 Å². The number of aromatic nitrogens is 1. The first-order valence-electron chi connectivity index (χ1n) is 7.63.